The van der Waals surface area contributed by atoms with Crippen molar-refractivity contribution in [1.82, 2.24) is 0 Å². The van der Waals surface area contributed by atoms with Gasteiger partial charge in [0.25, 0.3) is 5.01 Å². The number of hydrogen-bond donors (Lipinski definition) is 0. The van der Waals surface area contributed by atoms with Gasteiger partial charge in [-0.3, -0.25) is 4.18 Å². The zero-order valence-corrected chi connectivity index (χ0v) is 20.5. The number of thiazole rings is 1. The number of benzene rings is 2. The number of hydrogen-bond acceptors (Lipinski definition) is 8. The number of thioether (sulfide) groups is 1. The normalized spacial score (nSPS) is 14.5. The van der Waals surface area contributed by atoms with Crippen LogP contribution < -0.4 is 14.2 Å². The predicted molar refractivity (Wildman–Crippen MR) is 125 cm³/mol. The Morgan fingerprint density at radius 3 is 2.61 bits per heavy atom. The lowest BCUT2D eigenvalue weighted by Crippen LogP contribution is -2.29. The van der Waals surface area contributed by atoms with Gasteiger partial charge in [-0.15, -0.1) is 0 Å². The summed E-state index contributed by atoms with van der Waals surface area (Å²) in [5.41, 5.74) is 2.33. The van der Waals surface area contributed by atoms with Crippen LogP contribution in [-0.4, -0.2) is 33.7 Å². The number of aryl methyl sites for hydroxylation is 1. The van der Waals surface area contributed by atoms with Crippen LogP contribution in [0.15, 0.2) is 46.3 Å². The Morgan fingerprint density at radius 2 is 2.00 bits per heavy atom. The van der Waals surface area contributed by atoms with Gasteiger partial charge < -0.3 is 14.2 Å². The van der Waals surface area contributed by atoms with Crippen LogP contribution in [0.2, 0.25) is 5.02 Å². The minimum absolute atomic E-state index is 0.0914. The molecule has 0 unspecified atom stereocenters. The number of anilines is 1. The van der Waals surface area contributed by atoms with E-state index in [0.717, 1.165) is 16.5 Å². The topological polar surface area (TPSA) is 82.8 Å². The Kier molecular flexibility index (Phi) is 7.51. The third-order valence-electron chi connectivity index (χ3n) is 4.41. The van der Waals surface area contributed by atoms with Crippen molar-refractivity contribution in [2.45, 2.75) is 11.8 Å². The lowest BCUT2D eigenvalue weighted by Gasteiger charge is -2.12. The van der Waals surface area contributed by atoms with Crippen LogP contribution in [0.4, 0.5) is 5.69 Å². The van der Waals surface area contributed by atoms with Crippen molar-refractivity contribution in [3.8, 4) is 5.75 Å². The number of ether oxygens (including phenoxy) is 1. The molecule has 1 aliphatic heterocycles. The Balaban J connectivity index is 0.000000339. The molecule has 0 fully saturated rings. The Bertz CT molecular complexity index is 1240. The van der Waals surface area contributed by atoms with Crippen molar-refractivity contribution in [3.63, 3.8) is 0 Å². The monoisotopic (exact) mass is 500 g/mol. The average molecular weight is 501 g/mol. The third kappa shape index (κ3) is 5.71. The zero-order chi connectivity index (χ0) is 22.8. The number of rotatable bonds is 4. The molecule has 0 atom stereocenters. The molecule has 0 N–H and O–H groups in total. The van der Waals surface area contributed by atoms with Crippen molar-refractivity contribution in [2.24, 2.45) is 7.05 Å². The van der Waals surface area contributed by atoms with Gasteiger partial charge in [0.05, 0.1) is 36.6 Å². The van der Waals surface area contributed by atoms with Gasteiger partial charge in [0, 0.05) is 17.0 Å². The Labute approximate surface area is 194 Å². The van der Waals surface area contributed by atoms with E-state index in [0.29, 0.717) is 0 Å². The lowest BCUT2D eigenvalue weighted by molar-refractivity contribution is -0.642. The summed E-state index contributed by atoms with van der Waals surface area (Å²) in [6.07, 6.45) is 2.23. The average Bonchev–Trinajstić information content (AvgIpc) is 3.18. The van der Waals surface area contributed by atoms with Gasteiger partial charge in [0.2, 0.25) is 15.9 Å². The van der Waals surface area contributed by atoms with Crippen LogP contribution in [0.25, 0.3) is 16.3 Å². The quantitative estimate of drug-likeness (QED) is 0.298. The molecule has 0 radical (unpaired) electrons. The summed E-state index contributed by atoms with van der Waals surface area (Å²) in [5, 5.41) is 3.16. The van der Waals surface area contributed by atoms with E-state index in [4.69, 9.17) is 16.3 Å². The first-order valence-electron chi connectivity index (χ1n) is 9.12. The van der Waals surface area contributed by atoms with Gasteiger partial charge in [-0.1, -0.05) is 34.7 Å². The highest BCUT2D eigenvalue weighted by atomic mass is 35.5. The minimum Gasteiger partial charge on any atom is -0.726 e. The van der Waals surface area contributed by atoms with Crippen LogP contribution in [-0.2, 0) is 21.6 Å². The van der Waals surface area contributed by atoms with Crippen LogP contribution >= 0.6 is 34.7 Å². The second-order valence-electron chi connectivity index (χ2n) is 6.40. The van der Waals surface area contributed by atoms with Gasteiger partial charge in [0.15, 0.2) is 0 Å². The zero-order valence-electron chi connectivity index (χ0n) is 17.3. The fraction of sp³-hybridized carbons (Fsp3) is 0.250. The molecule has 4 rings (SSSR count). The maximum atomic E-state index is 9.45. The highest BCUT2D eigenvalue weighted by Crippen LogP contribution is 2.46. The summed E-state index contributed by atoms with van der Waals surface area (Å²) in [4.78, 5) is 3.43. The second kappa shape index (κ2) is 9.76. The highest BCUT2D eigenvalue weighted by Gasteiger charge is 2.25. The van der Waals surface area contributed by atoms with Crippen molar-refractivity contribution < 1.29 is 26.5 Å². The molecule has 1 aromatic heterocycles. The fourth-order valence-electron chi connectivity index (χ4n) is 2.91. The van der Waals surface area contributed by atoms with Gasteiger partial charge >= 0.3 is 0 Å². The van der Waals surface area contributed by atoms with Crippen molar-refractivity contribution in [2.75, 3.05) is 25.7 Å². The molecule has 0 aliphatic carbocycles. The molecule has 1 aliphatic rings. The van der Waals surface area contributed by atoms with E-state index < -0.39 is 10.4 Å². The van der Waals surface area contributed by atoms with E-state index in [1.54, 1.807) is 30.2 Å². The molecule has 3 aromatic rings. The Hall–Kier alpha value is -1.82. The molecule has 166 valence electrons. The minimum atomic E-state index is -4.42. The molecule has 2 aromatic carbocycles. The van der Waals surface area contributed by atoms with E-state index in [-0.39, 0.29) is 6.61 Å². The number of nitrogens with zero attached hydrogens (tertiary/aromatic N) is 2. The molecule has 31 heavy (non-hydrogen) atoms. The molecule has 0 saturated carbocycles. The van der Waals surface area contributed by atoms with Crippen LogP contribution in [0, 0.1) is 0 Å². The summed E-state index contributed by atoms with van der Waals surface area (Å²) >= 11 is 9.68. The van der Waals surface area contributed by atoms with Gasteiger partial charge in [0.1, 0.15) is 17.5 Å². The van der Waals surface area contributed by atoms with E-state index in [1.807, 2.05) is 18.2 Å². The maximum Gasteiger partial charge on any atom is 0.265 e. The molecular weight excluding hydrogens is 480 g/mol. The summed E-state index contributed by atoms with van der Waals surface area (Å²) in [6.45, 7) is 1.33. The number of methoxy groups -OCH3 is 1. The molecule has 0 amide bonds. The van der Waals surface area contributed by atoms with E-state index in [2.05, 4.69) is 52.0 Å². The standard InChI is InChI=1S/C18H16ClN2OS2.C2H6O4S/c1-20-13-8-11(19)4-6-15(13)23-17(20)10-18-21(2)14-9-12(22-3)5-7-16(14)24-18;1-2-6-7(3,4)5/h4-10H,1-3H3;2H2,1H3,(H,3,4,5)/q+1;/p-1. The third-order valence-corrected chi connectivity index (χ3v) is 7.50. The number of halogens is 1. The predicted octanol–water partition coefficient (Wildman–Crippen LogP) is 4.41. The van der Waals surface area contributed by atoms with Gasteiger partial charge in [-0.05, 0) is 37.3 Å². The lowest BCUT2D eigenvalue weighted by atomic mass is 10.3. The molecule has 0 saturated heterocycles. The molecule has 2 heterocycles. The largest absolute Gasteiger partial charge is 0.726 e. The van der Waals surface area contributed by atoms with Crippen molar-refractivity contribution >= 4 is 67.1 Å². The summed E-state index contributed by atoms with van der Waals surface area (Å²) in [6, 6.07) is 12.2. The summed E-state index contributed by atoms with van der Waals surface area (Å²) in [7, 11) is 1.45. The Morgan fingerprint density at radius 1 is 1.26 bits per heavy atom. The van der Waals surface area contributed by atoms with E-state index >= 15 is 0 Å². The maximum absolute atomic E-state index is 9.45. The SMILES string of the molecule is CCOS(=O)(=O)[O-].COc1ccc2sc(/C=C3\Sc4ccc(Cl)cc4N3C)[n+](C)c2c1. The highest BCUT2D eigenvalue weighted by molar-refractivity contribution is 8.03. The summed E-state index contributed by atoms with van der Waals surface area (Å²) in [5.74, 6) is 0.879. The molecular formula is C20H21ClN2O5S3. The first kappa shape index (κ1) is 23.8. The van der Waals surface area contributed by atoms with Crippen LogP contribution in [0.5, 0.6) is 5.75 Å². The van der Waals surface area contributed by atoms with Crippen LogP contribution in [0.1, 0.15) is 11.9 Å². The fourth-order valence-corrected chi connectivity index (χ4v) is 5.58. The van der Waals surface area contributed by atoms with Crippen LogP contribution in [0.3, 0.4) is 0 Å². The molecule has 7 nitrogen and oxygen atoms in total. The first-order valence-corrected chi connectivity index (χ1v) is 12.5. The van der Waals surface area contributed by atoms with Crippen molar-refractivity contribution in [1.29, 1.82) is 0 Å². The summed E-state index contributed by atoms with van der Waals surface area (Å²) < 4.78 is 40.8. The second-order valence-corrected chi connectivity index (χ2v) is 10.0. The molecule has 0 spiro atoms. The number of fused-ring (bicyclic) bond motifs is 2. The van der Waals surface area contributed by atoms with E-state index in [1.165, 1.54) is 32.1 Å². The number of aromatic nitrogens is 1. The first-order chi connectivity index (χ1) is 14.6. The smallest absolute Gasteiger partial charge is 0.265 e. The van der Waals surface area contributed by atoms with Gasteiger partial charge in [-0.2, -0.15) is 4.57 Å². The molecule has 0 bridgehead atoms. The van der Waals surface area contributed by atoms with Gasteiger partial charge in [-0.25, -0.2) is 8.42 Å². The molecule has 11 heteroatoms. The van der Waals surface area contributed by atoms with Crippen molar-refractivity contribution in [3.05, 3.63) is 51.5 Å². The van der Waals surface area contributed by atoms with E-state index in [9.17, 15) is 13.0 Å².